The second-order valence-corrected chi connectivity index (χ2v) is 6.42. The number of halogens is 1. The molecule has 1 aliphatic rings. The van der Waals surface area contributed by atoms with E-state index in [1.54, 1.807) is 12.1 Å². The molecule has 1 fully saturated rings. The number of hydrogen-bond donors (Lipinski definition) is 1. The highest BCUT2D eigenvalue weighted by Gasteiger charge is 2.26. The van der Waals surface area contributed by atoms with Crippen LogP contribution in [0.4, 0.5) is 11.5 Å². The largest absolute Gasteiger partial charge is 0.355 e. The van der Waals surface area contributed by atoms with E-state index >= 15 is 0 Å². The Hall–Kier alpha value is -2.74. The van der Waals surface area contributed by atoms with Crippen LogP contribution < -0.4 is 10.2 Å². The van der Waals surface area contributed by atoms with Gasteiger partial charge in [-0.15, -0.1) is 14.8 Å². The maximum atomic E-state index is 12.4. The molecule has 0 aliphatic carbocycles. The van der Waals surface area contributed by atoms with Gasteiger partial charge in [0.15, 0.2) is 11.5 Å². The highest BCUT2D eigenvalue weighted by Crippen LogP contribution is 2.23. The van der Waals surface area contributed by atoms with Gasteiger partial charge in [-0.3, -0.25) is 4.79 Å². The Morgan fingerprint density at radius 1 is 1.20 bits per heavy atom. The number of hydrogen-bond acceptors (Lipinski definition) is 6. The first kappa shape index (κ1) is 15.8. The number of aromatic nitrogens is 5. The van der Waals surface area contributed by atoms with Gasteiger partial charge >= 0.3 is 0 Å². The smallest absolute Gasteiger partial charge is 0.227 e. The second-order valence-electron chi connectivity index (χ2n) is 5.98. The summed E-state index contributed by atoms with van der Waals surface area (Å²) in [4.78, 5) is 14.6. The second kappa shape index (κ2) is 6.64. The lowest BCUT2D eigenvalue weighted by Crippen LogP contribution is -2.38. The van der Waals surface area contributed by atoms with Crippen LogP contribution in [0.1, 0.15) is 12.8 Å². The summed E-state index contributed by atoms with van der Waals surface area (Å²) in [5.41, 5.74) is 1.34. The number of carbonyl (C=O) groups excluding carboxylic acids is 1. The summed E-state index contributed by atoms with van der Waals surface area (Å²) in [5.74, 6) is 0.825. The molecule has 1 saturated heterocycles. The molecule has 25 heavy (non-hydrogen) atoms. The fourth-order valence-electron chi connectivity index (χ4n) is 2.99. The lowest BCUT2D eigenvalue weighted by Gasteiger charge is -2.31. The van der Waals surface area contributed by atoms with E-state index in [0.29, 0.717) is 10.7 Å². The maximum Gasteiger partial charge on any atom is 0.227 e. The van der Waals surface area contributed by atoms with Crippen molar-refractivity contribution in [2.75, 3.05) is 23.3 Å². The maximum absolute atomic E-state index is 12.4. The minimum atomic E-state index is -0.0213. The number of benzene rings is 1. The molecule has 0 bridgehead atoms. The quantitative estimate of drug-likeness (QED) is 0.771. The molecule has 0 atom stereocenters. The highest BCUT2D eigenvalue weighted by molar-refractivity contribution is 6.30. The van der Waals surface area contributed by atoms with Crippen LogP contribution in [0.25, 0.3) is 5.65 Å². The first-order chi connectivity index (χ1) is 12.2. The number of carbonyl (C=O) groups is 1. The summed E-state index contributed by atoms with van der Waals surface area (Å²) in [5, 5.41) is 19.2. The van der Waals surface area contributed by atoms with Crippen LogP contribution >= 0.6 is 11.6 Å². The van der Waals surface area contributed by atoms with Gasteiger partial charge in [-0.2, -0.15) is 0 Å². The normalized spacial score (nSPS) is 15.5. The number of tetrazole rings is 1. The van der Waals surface area contributed by atoms with Crippen molar-refractivity contribution in [2.24, 2.45) is 5.92 Å². The third kappa shape index (κ3) is 3.39. The van der Waals surface area contributed by atoms with Gasteiger partial charge in [-0.1, -0.05) is 17.7 Å². The predicted molar refractivity (Wildman–Crippen MR) is 93.6 cm³/mol. The zero-order chi connectivity index (χ0) is 17.2. The van der Waals surface area contributed by atoms with Gasteiger partial charge in [0.05, 0.1) is 0 Å². The molecule has 0 radical (unpaired) electrons. The lowest BCUT2D eigenvalue weighted by molar-refractivity contribution is -0.120. The monoisotopic (exact) mass is 357 g/mol. The molecular weight excluding hydrogens is 342 g/mol. The predicted octanol–water partition coefficient (Wildman–Crippen LogP) is 2.03. The fourth-order valence-corrected chi connectivity index (χ4v) is 3.18. The zero-order valence-corrected chi connectivity index (χ0v) is 14.1. The van der Waals surface area contributed by atoms with Crippen molar-refractivity contribution in [3.8, 4) is 0 Å². The minimum Gasteiger partial charge on any atom is -0.355 e. The fraction of sp³-hybridized carbons (Fsp3) is 0.312. The van der Waals surface area contributed by atoms with Crippen LogP contribution in [-0.4, -0.2) is 44.3 Å². The molecule has 3 heterocycles. The van der Waals surface area contributed by atoms with Crippen LogP contribution in [0.15, 0.2) is 36.4 Å². The molecule has 1 N–H and O–H groups in total. The standard InChI is InChI=1S/C16H16ClN7O/c17-12-2-1-3-13(10-12)18-16(25)11-6-8-23(9-7-11)15-5-4-14-19-21-22-24(14)20-15/h1-5,10-11H,6-9H2,(H,18,25). The van der Waals surface area contributed by atoms with E-state index in [0.717, 1.165) is 37.4 Å². The van der Waals surface area contributed by atoms with Gasteiger partial charge in [0.2, 0.25) is 5.91 Å². The molecule has 1 aliphatic heterocycles. The van der Waals surface area contributed by atoms with Gasteiger partial charge in [0, 0.05) is 29.7 Å². The number of anilines is 2. The van der Waals surface area contributed by atoms with Crippen LogP contribution in [-0.2, 0) is 4.79 Å². The average Bonchev–Trinajstić information content (AvgIpc) is 3.09. The first-order valence-electron chi connectivity index (χ1n) is 8.06. The Bertz CT molecular complexity index is 904. The SMILES string of the molecule is O=C(Nc1cccc(Cl)c1)C1CCN(c2ccc3nnnn3n2)CC1. The zero-order valence-electron chi connectivity index (χ0n) is 13.3. The molecule has 0 unspecified atom stereocenters. The number of fused-ring (bicyclic) bond motifs is 1. The number of nitrogens with zero attached hydrogens (tertiary/aromatic N) is 6. The molecule has 0 spiro atoms. The van der Waals surface area contributed by atoms with Gasteiger partial charge < -0.3 is 10.2 Å². The number of amides is 1. The van der Waals surface area contributed by atoms with E-state index in [2.05, 4.69) is 30.8 Å². The summed E-state index contributed by atoms with van der Waals surface area (Å²) < 4.78 is 1.41. The summed E-state index contributed by atoms with van der Waals surface area (Å²) in [7, 11) is 0. The third-order valence-electron chi connectivity index (χ3n) is 4.34. The minimum absolute atomic E-state index is 0.0213. The molecule has 0 saturated carbocycles. The van der Waals surface area contributed by atoms with Crippen molar-refractivity contribution in [1.82, 2.24) is 25.3 Å². The van der Waals surface area contributed by atoms with E-state index < -0.39 is 0 Å². The first-order valence-corrected chi connectivity index (χ1v) is 8.44. The van der Waals surface area contributed by atoms with E-state index in [4.69, 9.17) is 11.6 Å². The summed E-state index contributed by atoms with van der Waals surface area (Å²) in [6, 6.07) is 10.9. The van der Waals surface area contributed by atoms with Crippen molar-refractivity contribution < 1.29 is 4.79 Å². The van der Waals surface area contributed by atoms with Crippen LogP contribution in [0.2, 0.25) is 5.02 Å². The molecule has 4 rings (SSSR count). The van der Waals surface area contributed by atoms with Gasteiger partial charge in [0.25, 0.3) is 0 Å². The van der Waals surface area contributed by atoms with Crippen LogP contribution in [0, 0.1) is 5.92 Å². The van der Waals surface area contributed by atoms with Crippen molar-refractivity contribution in [3.05, 3.63) is 41.4 Å². The van der Waals surface area contributed by atoms with Crippen molar-refractivity contribution in [2.45, 2.75) is 12.8 Å². The molecule has 9 heteroatoms. The van der Waals surface area contributed by atoms with Crippen molar-refractivity contribution in [3.63, 3.8) is 0 Å². The molecule has 1 aromatic carbocycles. The summed E-state index contributed by atoms with van der Waals surface area (Å²) >= 11 is 5.95. The Labute approximate surface area is 148 Å². The van der Waals surface area contributed by atoms with Crippen LogP contribution in [0.3, 0.4) is 0 Å². The van der Waals surface area contributed by atoms with Gasteiger partial charge in [-0.05, 0) is 53.6 Å². The summed E-state index contributed by atoms with van der Waals surface area (Å²) in [6.07, 6.45) is 1.53. The average molecular weight is 358 g/mol. The Morgan fingerprint density at radius 3 is 2.84 bits per heavy atom. The molecule has 8 nitrogen and oxygen atoms in total. The van der Waals surface area contributed by atoms with E-state index in [9.17, 15) is 4.79 Å². The van der Waals surface area contributed by atoms with E-state index in [1.807, 2.05) is 24.3 Å². The Balaban J connectivity index is 1.38. The van der Waals surface area contributed by atoms with Crippen LogP contribution in [0.5, 0.6) is 0 Å². The Kier molecular flexibility index (Phi) is 4.19. The lowest BCUT2D eigenvalue weighted by atomic mass is 9.96. The van der Waals surface area contributed by atoms with E-state index in [-0.39, 0.29) is 11.8 Å². The molecule has 2 aromatic heterocycles. The number of piperidine rings is 1. The topological polar surface area (TPSA) is 88.3 Å². The number of rotatable bonds is 3. The summed E-state index contributed by atoms with van der Waals surface area (Å²) in [6.45, 7) is 1.52. The Morgan fingerprint density at radius 2 is 2.04 bits per heavy atom. The van der Waals surface area contributed by atoms with Crippen molar-refractivity contribution >= 4 is 34.7 Å². The van der Waals surface area contributed by atoms with Gasteiger partial charge in [0.1, 0.15) is 0 Å². The molecule has 128 valence electrons. The molecule has 3 aromatic rings. The van der Waals surface area contributed by atoms with Crippen molar-refractivity contribution in [1.29, 1.82) is 0 Å². The molecule has 1 amide bonds. The third-order valence-corrected chi connectivity index (χ3v) is 4.57. The van der Waals surface area contributed by atoms with Gasteiger partial charge in [-0.25, -0.2) is 0 Å². The highest BCUT2D eigenvalue weighted by atomic mass is 35.5. The van der Waals surface area contributed by atoms with E-state index in [1.165, 1.54) is 4.63 Å². The number of nitrogens with one attached hydrogen (secondary N) is 1. The molecular formula is C16H16ClN7O.